The first-order chi connectivity index (χ1) is 37.5. The van der Waals surface area contributed by atoms with Crippen molar-refractivity contribution in [1.82, 2.24) is 15.1 Å². The molecule has 3 saturated heterocycles. The molecule has 4 unspecified atom stereocenters. The first kappa shape index (κ1) is 66.3. The van der Waals surface area contributed by atoms with E-state index in [0.29, 0.717) is 25.7 Å². The van der Waals surface area contributed by atoms with Crippen LogP contribution in [0.15, 0.2) is 23.8 Å². The van der Waals surface area contributed by atoms with Crippen molar-refractivity contribution in [2.75, 3.05) is 40.8 Å². The van der Waals surface area contributed by atoms with Crippen molar-refractivity contribution in [2.24, 2.45) is 46.3 Å². The summed E-state index contributed by atoms with van der Waals surface area (Å²) in [4.78, 5) is 44.7. The number of nitrogens with one attached hydrogen (secondary N) is 1. The number of esters is 1. The topological polar surface area (TPSA) is 267 Å². The van der Waals surface area contributed by atoms with E-state index in [2.05, 4.69) is 11.4 Å². The highest BCUT2D eigenvalue weighted by molar-refractivity contribution is 6.26. The number of rotatable bonds is 12. The third-order valence-corrected chi connectivity index (χ3v) is 22.4. The Balaban J connectivity index is 1.16. The number of ketones is 1. The number of amides is 1. The molecule has 26 atom stereocenters. The minimum Gasteiger partial charge on any atom is -0.459 e. The molecule has 2 saturated carbocycles. The van der Waals surface area contributed by atoms with E-state index in [4.69, 9.17) is 40.0 Å². The molecule has 464 valence electrons. The molecule has 4 aliphatic carbocycles. The number of aliphatic hydroxyl groups is 7. The van der Waals surface area contributed by atoms with Gasteiger partial charge < -0.3 is 74.4 Å². The third kappa shape index (κ3) is 11.9. The SMILES string of the molecule is CC[C@H]1OC(=O)C(C)[C@@H](O[C@@H]2C[C@](C)(OC)[C@H](O)C(C)O2)[C@H](C)[C@@H](O[C@@H]2O[C@H](C)C[C@@H](N(C)C)[C@H]2O)[C@](C)(O)C[C@@H](C)CN(CCCNC(=O)[C@@]2(O)[C@@H](C)CC3C4CC=C5CC(=O)C=C[C@]5(C)[C@@]4(Cl)[C@@H](O)C[C@@]32C)[C@H](C)[C@@H](O)[C@]1(C)O. The molecular weight excluding hydrogens is 1070 g/mol. The van der Waals surface area contributed by atoms with Gasteiger partial charge in [-0.25, -0.2) is 0 Å². The first-order valence-electron chi connectivity index (χ1n) is 30.1. The van der Waals surface area contributed by atoms with Gasteiger partial charge in [0.2, 0.25) is 0 Å². The van der Waals surface area contributed by atoms with Crippen LogP contribution >= 0.6 is 11.6 Å². The number of allylic oxidation sites excluding steroid dienone is 4. The second kappa shape index (κ2) is 24.5. The second-order valence-electron chi connectivity index (χ2n) is 27.5. The Morgan fingerprint density at radius 2 is 1.57 bits per heavy atom. The molecule has 0 spiro atoms. The van der Waals surface area contributed by atoms with Crippen molar-refractivity contribution in [3.8, 4) is 0 Å². The van der Waals surface area contributed by atoms with Crippen LogP contribution in [0.25, 0.3) is 0 Å². The summed E-state index contributed by atoms with van der Waals surface area (Å²) < 4.78 is 38.3. The zero-order valence-electron chi connectivity index (χ0n) is 51.3. The van der Waals surface area contributed by atoms with Crippen LogP contribution in [0.2, 0.25) is 0 Å². The Kier molecular flexibility index (Phi) is 20.1. The standard InChI is InChI=1S/C61H102ClN3O16/c1-17-45-59(13,74)49(69)37(7)65(24-18-23-63-54(72)61(75)33(3)25-42-41-20-19-39-27-40(66)21-22-55(39,9)60(41,62)44(67)29-56(42,61)10)31-32(2)28-57(11,73)51(81-53-47(68)43(64(14)15)26-34(4)77-53)35(5)48(36(6)52(71)79-45)80-46-30-58(12,76-16)50(70)38(8)78-46/h19,21-22,32-38,41-51,53,67-70,73-75H,17-18,20,23-31H2,1-16H3,(H,63,72)/t32-,33+,34-,35+,36?,37-,38?,41?,42?,43-,44+,45-,46-,47-,48+,49-,50-,51-,53+,55+,56+,57-,58+,59-,60+,61+/m1/s1. The molecule has 1 amide bonds. The summed E-state index contributed by atoms with van der Waals surface area (Å²) in [6, 6.07) is -1.14. The van der Waals surface area contributed by atoms with Crippen molar-refractivity contribution in [3.05, 3.63) is 23.8 Å². The molecule has 3 heterocycles. The van der Waals surface area contributed by atoms with E-state index in [1.54, 1.807) is 54.5 Å². The lowest BCUT2D eigenvalue weighted by molar-refractivity contribution is -0.318. The molecule has 0 aromatic carbocycles. The largest absolute Gasteiger partial charge is 0.459 e. The predicted molar refractivity (Wildman–Crippen MR) is 303 cm³/mol. The van der Waals surface area contributed by atoms with Gasteiger partial charge in [-0.15, -0.1) is 11.6 Å². The maximum absolute atomic E-state index is 14.7. The Morgan fingerprint density at radius 3 is 2.20 bits per heavy atom. The number of ether oxygens (including phenoxy) is 6. The fourth-order valence-corrected chi connectivity index (χ4v) is 17.0. The number of fused-ring (bicyclic) bond motifs is 5. The van der Waals surface area contributed by atoms with E-state index in [9.17, 15) is 50.1 Å². The van der Waals surface area contributed by atoms with Crippen molar-refractivity contribution >= 4 is 29.3 Å². The van der Waals surface area contributed by atoms with Crippen molar-refractivity contribution < 1.29 is 78.6 Å². The van der Waals surface area contributed by atoms with Crippen LogP contribution in [0.3, 0.4) is 0 Å². The zero-order chi connectivity index (χ0) is 60.5. The average molecular weight is 1170 g/mol. The van der Waals surface area contributed by atoms with Gasteiger partial charge in [-0.2, -0.15) is 0 Å². The van der Waals surface area contributed by atoms with E-state index in [0.717, 1.165) is 5.57 Å². The van der Waals surface area contributed by atoms with Crippen molar-refractivity contribution in [2.45, 2.75) is 255 Å². The van der Waals surface area contributed by atoms with Gasteiger partial charge in [0.05, 0.1) is 52.5 Å². The molecular formula is C61H102ClN3O16. The number of alkyl halides is 1. The van der Waals surface area contributed by atoms with E-state index in [1.165, 1.54) is 14.0 Å². The molecule has 5 fully saturated rings. The van der Waals surface area contributed by atoms with Crippen molar-refractivity contribution in [3.63, 3.8) is 0 Å². The van der Waals surface area contributed by atoms with Crippen LogP contribution < -0.4 is 5.32 Å². The number of halogens is 1. The Hall–Kier alpha value is -2.18. The van der Waals surface area contributed by atoms with Crippen LogP contribution in [0.5, 0.6) is 0 Å². The molecule has 0 aromatic heterocycles. The monoisotopic (exact) mass is 1170 g/mol. The van der Waals surface area contributed by atoms with Crippen LogP contribution in [0, 0.1) is 46.3 Å². The number of likely N-dealkylation sites (N-methyl/N-ethyl adjacent to an activating group) is 1. The van der Waals surface area contributed by atoms with Gasteiger partial charge in [0, 0.05) is 68.4 Å². The molecule has 0 bridgehead atoms. The smallest absolute Gasteiger partial charge is 0.311 e. The number of carbonyl (C=O) groups is 3. The van der Waals surface area contributed by atoms with E-state index >= 15 is 0 Å². The van der Waals surface area contributed by atoms with Crippen LogP contribution in [0.4, 0.5) is 0 Å². The highest BCUT2D eigenvalue weighted by Gasteiger charge is 2.74. The average Bonchev–Trinajstić information content (AvgIpc) is 2.79. The Labute approximate surface area is 486 Å². The number of hydrogen-bond donors (Lipinski definition) is 8. The molecule has 81 heavy (non-hydrogen) atoms. The summed E-state index contributed by atoms with van der Waals surface area (Å²) in [5.41, 5.74) is -7.63. The van der Waals surface area contributed by atoms with Gasteiger partial charge in [-0.1, -0.05) is 59.3 Å². The lowest BCUT2D eigenvalue weighted by Gasteiger charge is -2.63. The summed E-state index contributed by atoms with van der Waals surface area (Å²) in [7, 11) is 5.22. The highest BCUT2D eigenvalue weighted by atomic mass is 35.5. The maximum atomic E-state index is 14.7. The summed E-state index contributed by atoms with van der Waals surface area (Å²) in [6.45, 7) is 23.7. The predicted octanol–water partition coefficient (Wildman–Crippen LogP) is 4.39. The van der Waals surface area contributed by atoms with Gasteiger partial charge >= 0.3 is 5.97 Å². The highest BCUT2D eigenvalue weighted by Crippen LogP contribution is 2.71. The van der Waals surface area contributed by atoms with Crippen molar-refractivity contribution in [1.29, 1.82) is 0 Å². The number of nitrogens with zero attached hydrogens (tertiary/aromatic N) is 2. The molecule has 0 aromatic rings. The molecule has 19 nitrogen and oxygen atoms in total. The number of cyclic esters (lactones) is 1. The number of methoxy groups -OCH3 is 1. The van der Waals surface area contributed by atoms with Crippen LogP contribution in [0.1, 0.15) is 148 Å². The normalized spacial score (nSPS) is 50.3. The first-order valence-corrected chi connectivity index (χ1v) is 30.4. The van der Waals surface area contributed by atoms with Crippen LogP contribution in [-0.2, 0) is 42.8 Å². The molecule has 8 N–H and O–H groups in total. The minimum absolute atomic E-state index is 0.0138. The Morgan fingerprint density at radius 1 is 0.901 bits per heavy atom. The van der Waals surface area contributed by atoms with Gasteiger partial charge in [-0.05, 0) is 137 Å². The van der Waals surface area contributed by atoms with Crippen LogP contribution in [-0.4, -0.2) is 211 Å². The third-order valence-electron chi connectivity index (χ3n) is 21.5. The lowest BCUT2D eigenvalue weighted by atomic mass is 9.46. The lowest BCUT2D eigenvalue weighted by Crippen LogP contribution is -2.69. The number of carbonyl (C=O) groups excluding carboxylic acids is 3. The fraction of sp³-hybridized carbons (Fsp3) is 0.885. The fourth-order valence-electron chi connectivity index (χ4n) is 16.5. The maximum Gasteiger partial charge on any atom is 0.311 e. The summed E-state index contributed by atoms with van der Waals surface area (Å²) in [5, 5.41) is 88.9. The number of aliphatic hydroxyl groups excluding tert-OH is 4. The molecule has 7 aliphatic rings. The summed E-state index contributed by atoms with van der Waals surface area (Å²) in [5.74, 6) is -4.67. The molecule has 0 radical (unpaired) electrons. The van der Waals surface area contributed by atoms with Gasteiger partial charge in [0.1, 0.15) is 30.0 Å². The quantitative estimate of drug-likeness (QED) is 0.0583. The zero-order valence-corrected chi connectivity index (χ0v) is 52.0. The number of hydrogen-bond acceptors (Lipinski definition) is 18. The summed E-state index contributed by atoms with van der Waals surface area (Å²) >= 11 is 7.67. The Bertz CT molecular complexity index is 2310. The molecule has 7 rings (SSSR count). The van der Waals surface area contributed by atoms with Gasteiger partial charge in [0.25, 0.3) is 5.91 Å². The van der Waals surface area contributed by atoms with Gasteiger partial charge in [-0.3, -0.25) is 19.3 Å². The minimum atomic E-state index is -2.00. The van der Waals surface area contributed by atoms with E-state index in [-0.39, 0.29) is 87.4 Å². The van der Waals surface area contributed by atoms with Gasteiger partial charge in [0.15, 0.2) is 24.0 Å². The summed E-state index contributed by atoms with van der Waals surface area (Å²) in [6.07, 6.45) is -3.66. The molecule has 20 heteroatoms. The van der Waals surface area contributed by atoms with E-state index in [1.807, 2.05) is 64.6 Å². The second-order valence-corrected chi connectivity index (χ2v) is 28.1. The molecule has 3 aliphatic heterocycles. The van der Waals surface area contributed by atoms with E-state index < -0.39 is 135 Å².